The number of sulfonamides is 1. The first-order chi connectivity index (χ1) is 11.3. The lowest BCUT2D eigenvalue weighted by Crippen LogP contribution is -2.47. The Hall–Kier alpha value is -2.04. The quantitative estimate of drug-likeness (QED) is 0.585. The van der Waals surface area contributed by atoms with Crippen LogP contribution in [0.5, 0.6) is 0 Å². The number of carbonyl (C=O) groups is 1. The average molecular weight is 357 g/mol. The van der Waals surface area contributed by atoms with Crippen LogP contribution < -0.4 is 5.32 Å². The Morgan fingerprint density at radius 3 is 2.42 bits per heavy atom. The molecule has 0 aromatic heterocycles. The standard InChI is InChI=1S/C14H19N3O6S/c1-23-10-14(18)15-11-6-8-16(9-7-11)24(21,22)13-4-2-12(3-5-13)17(19)20/h2-5,11H,6-10H2,1H3,(H,15,18). The van der Waals surface area contributed by atoms with Crippen molar-refractivity contribution in [2.24, 2.45) is 0 Å². The molecule has 2 rings (SSSR count). The van der Waals surface area contributed by atoms with Crippen LogP contribution in [0, 0.1) is 10.1 Å². The number of benzene rings is 1. The number of ether oxygens (including phenoxy) is 1. The largest absolute Gasteiger partial charge is 0.375 e. The number of nitrogens with one attached hydrogen (secondary N) is 1. The molecule has 0 unspecified atom stereocenters. The van der Waals surface area contributed by atoms with Crippen molar-refractivity contribution in [3.8, 4) is 0 Å². The number of carbonyl (C=O) groups excluding carboxylic acids is 1. The fourth-order valence-corrected chi connectivity index (χ4v) is 4.00. The van der Waals surface area contributed by atoms with E-state index in [0.29, 0.717) is 12.8 Å². The highest BCUT2D eigenvalue weighted by Gasteiger charge is 2.30. The van der Waals surface area contributed by atoms with Crippen molar-refractivity contribution >= 4 is 21.6 Å². The maximum atomic E-state index is 12.5. The molecule has 0 saturated carbocycles. The molecule has 1 amide bonds. The zero-order chi connectivity index (χ0) is 17.7. The van der Waals surface area contributed by atoms with Crippen molar-refractivity contribution in [1.82, 2.24) is 9.62 Å². The second-order valence-corrected chi connectivity index (χ2v) is 7.37. The summed E-state index contributed by atoms with van der Waals surface area (Å²) in [6, 6.07) is 4.73. The third kappa shape index (κ3) is 4.28. The molecule has 9 nitrogen and oxygen atoms in total. The van der Waals surface area contributed by atoms with Crippen LogP contribution in [-0.4, -0.2) is 56.4 Å². The molecule has 1 aliphatic heterocycles. The highest BCUT2D eigenvalue weighted by atomic mass is 32.2. The van der Waals surface area contributed by atoms with E-state index in [0.717, 1.165) is 0 Å². The Morgan fingerprint density at radius 1 is 1.33 bits per heavy atom. The highest BCUT2D eigenvalue weighted by molar-refractivity contribution is 7.89. The number of hydrogen-bond acceptors (Lipinski definition) is 6. The lowest BCUT2D eigenvalue weighted by atomic mass is 10.1. The summed E-state index contributed by atoms with van der Waals surface area (Å²) in [6.07, 6.45) is 1.00. The summed E-state index contributed by atoms with van der Waals surface area (Å²) in [5.74, 6) is -0.228. The first-order valence-electron chi connectivity index (χ1n) is 7.37. The Bertz CT molecular complexity index is 696. The van der Waals surface area contributed by atoms with Crippen molar-refractivity contribution in [2.45, 2.75) is 23.8 Å². The van der Waals surface area contributed by atoms with E-state index in [9.17, 15) is 23.3 Å². The predicted molar refractivity (Wildman–Crippen MR) is 84.9 cm³/mol. The second kappa shape index (κ2) is 7.69. The van der Waals surface area contributed by atoms with E-state index in [1.54, 1.807) is 0 Å². The van der Waals surface area contributed by atoms with Gasteiger partial charge in [0.25, 0.3) is 5.69 Å². The van der Waals surface area contributed by atoms with E-state index < -0.39 is 14.9 Å². The van der Waals surface area contributed by atoms with Gasteiger partial charge in [-0.2, -0.15) is 4.31 Å². The van der Waals surface area contributed by atoms with E-state index in [1.165, 1.54) is 35.7 Å². The van der Waals surface area contributed by atoms with Crippen LogP contribution in [-0.2, 0) is 19.6 Å². The van der Waals surface area contributed by atoms with Crippen LogP contribution in [0.2, 0.25) is 0 Å². The van der Waals surface area contributed by atoms with Crippen LogP contribution >= 0.6 is 0 Å². The fraction of sp³-hybridized carbons (Fsp3) is 0.500. The molecule has 0 spiro atoms. The van der Waals surface area contributed by atoms with Gasteiger partial charge in [0.05, 0.1) is 9.82 Å². The number of non-ortho nitro benzene ring substituents is 1. The summed E-state index contributed by atoms with van der Waals surface area (Å²) >= 11 is 0. The Balaban J connectivity index is 1.99. The zero-order valence-electron chi connectivity index (χ0n) is 13.2. The number of nitrogens with zero attached hydrogens (tertiary/aromatic N) is 2. The minimum absolute atomic E-state index is 0.0231. The van der Waals surface area contributed by atoms with Crippen molar-refractivity contribution in [3.05, 3.63) is 34.4 Å². The van der Waals surface area contributed by atoms with Crippen molar-refractivity contribution in [1.29, 1.82) is 0 Å². The molecule has 0 aliphatic carbocycles. The molecule has 0 bridgehead atoms. The molecular formula is C14H19N3O6S. The summed E-state index contributed by atoms with van der Waals surface area (Å²) in [5, 5.41) is 13.4. The van der Waals surface area contributed by atoms with Crippen LogP contribution in [0.15, 0.2) is 29.2 Å². The van der Waals surface area contributed by atoms with Gasteiger partial charge in [0.2, 0.25) is 15.9 Å². The molecule has 1 heterocycles. The molecule has 0 atom stereocenters. The van der Waals surface area contributed by atoms with Gasteiger partial charge in [-0.1, -0.05) is 0 Å². The van der Waals surface area contributed by atoms with E-state index >= 15 is 0 Å². The van der Waals surface area contributed by atoms with E-state index in [1.807, 2.05) is 0 Å². The second-order valence-electron chi connectivity index (χ2n) is 5.43. The summed E-state index contributed by atoms with van der Waals surface area (Å²) < 4.78 is 31.2. The summed E-state index contributed by atoms with van der Waals surface area (Å²) in [6.45, 7) is 0.524. The topological polar surface area (TPSA) is 119 Å². The fourth-order valence-electron chi connectivity index (χ4n) is 2.53. The molecule has 1 aromatic rings. The first kappa shape index (κ1) is 18.3. The smallest absolute Gasteiger partial charge is 0.269 e. The minimum Gasteiger partial charge on any atom is -0.375 e. The summed E-state index contributed by atoms with van der Waals surface area (Å²) in [4.78, 5) is 21.6. The van der Waals surface area contributed by atoms with Gasteiger partial charge in [-0.05, 0) is 25.0 Å². The number of amides is 1. The molecule has 1 fully saturated rings. The first-order valence-corrected chi connectivity index (χ1v) is 8.81. The van der Waals surface area contributed by atoms with Crippen molar-refractivity contribution in [2.75, 3.05) is 26.8 Å². The Labute approximate surface area is 139 Å². The molecule has 1 saturated heterocycles. The maximum absolute atomic E-state index is 12.5. The molecular weight excluding hydrogens is 338 g/mol. The molecule has 10 heteroatoms. The minimum atomic E-state index is -3.69. The van der Waals surface area contributed by atoms with Crippen molar-refractivity contribution in [3.63, 3.8) is 0 Å². The van der Waals surface area contributed by atoms with Gasteiger partial charge in [-0.3, -0.25) is 14.9 Å². The lowest BCUT2D eigenvalue weighted by molar-refractivity contribution is -0.384. The molecule has 1 aliphatic rings. The zero-order valence-corrected chi connectivity index (χ0v) is 14.0. The number of nitro groups is 1. The SMILES string of the molecule is COCC(=O)NC1CCN(S(=O)(=O)c2ccc([N+](=O)[O-])cc2)CC1. The highest BCUT2D eigenvalue weighted by Crippen LogP contribution is 2.22. The predicted octanol–water partition coefficient (Wildman–Crippen LogP) is 0.511. The van der Waals surface area contributed by atoms with Crippen LogP contribution in [0.4, 0.5) is 5.69 Å². The van der Waals surface area contributed by atoms with E-state index in [2.05, 4.69) is 5.32 Å². The molecule has 0 radical (unpaired) electrons. The summed E-state index contributed by atoms with van der Waals surface area (Å²) in [7, 11) is -2.26. The molecule has 24 heavy (non-hydrogen) atoms. The monoisotopic (exact) mass is 357 g/mol. The van der Waals surface area contributed by atoms with Gasteiger partial charge in [0, 0.05) is 38.4 Å². The van der Waals surface area contributed by atoms with E-state index in [4.69, 9.17) is 4.74 Å². The Morgan fingerprint density at radius 2 is 1.92 bits per heavy atom. The lowest BCUT2D eigenvalue weighted by Gasteiger charge is -2.31. The third-order valence-electron chi connectivity index (χ3n) is 3.78. The molecule has 1 N–H and O–H groups in total. The van der Waals surface area contributed by atoms with Crippen molar-refractivity contribution < 1.29 is 22.9 Å². The van der Waals surface area contributed by atoms with Gasteiger partial charge in [-0.15, -0.1) is 0 Å². The van der Waals surface area contributed by atoms with Crippen LogP contribution in [0.25, 0.3) is 0 Å². The van der Waals surface area contributed by atoms with Gasteiger partial charge in [-0.25, -0.2) is 8.42 Å². The van der Waals surface area contributed by atoms with Gasteiger partial charge in [0.1, 0.15) is 6.61 Å². The number of rotatable bonds is 6. The number of piperidine rings is 1. The third-order valence-corrected chi connectivity index (χ3v) is 5.69. The van der Waals surface area contributed by atoms with Gasteiger partial charge < -0.3 is 10.1 Å². The number of hydrogen-bond donors (Lipinski definition) is 1. The Kier molecular flexibility index (Phi) is 5.86. The van der Waals surface area contributed by atoms with Crippen LogP contribution in [0.3, 0.4) is 0 Å². The van der Waals surface area contributed by atoms with Gasteiger partial charge >= 0.3 is 0 Å². The summed E-state index contributed by atoms with van der Waals surface area (Å²) in [5.41, 5.74) is -0.159. The van der Waals surface area contributed by atoms with E-state index in [-0.39, 0.29) is 42.2 Å². The molecule has 1 aromatic carbocycles. The van der Waals surface area contributed by atoms with Gasteiger partial charge in [0.15, 0.2) is 0 Å². The average Bonchev–Trinajstić information content (AvgIpc) is 2.55. The van der Waals surface area contributed by atoms with Crippen LogP contribution in [0.1, 0.15) is 12.8 Å². The maximum Gasteiger partial charge on any atom is 0.269 e. The normalized spacial score (nSPS) is 16.7. The number of nitro benzene ring substituents is 1. The molecule has 132 valence electrons. The number of methoxy groups -OCH3 is 1.